The summed E-state index contributed by atoms with van der Waals surface area (Å²) < 4.78 is 21.4. The van der Waals surface area contributed by atoms with Crippen LogP contribution in [0.5, 0.6) is 0 Å². The molecular formula is C20H42Na2O8P2. The summed E-state index contributed by atoms with van der Waals surface area (Å²) in [5, 5.41) is 0. The van der Waals surface area contributed by atoms with Crippen molar-refractivity contribution in [2.45, 2.75) is 116 Å². The second-order valence-corrected chi connectivity index (χ2v) is 11.2. The Morgan fingerprint density at radius 1 is 0.438 bits per heavy atom. The quantitative estimate of drug-likeness (QED) is 0.0916. The summed E-state index contributed by atoms with van der Waals surface area (Å²) in [6.45, 7) is 0. The van der Waals surface area contributed by atoms with Gasteiger partial charge in [-0.1, -0.05) is 89.9 Å². The Morgan fingerprint density at radius 3 is 0.750 bits per heavy atom. The summed E-state index contributed by atoms with van der Waals surface area (Å²) >= 11 is 0. The minimum Gasteiger partial charge on any atom is -1.00 e. The van der Waals surface area contributed by atoms with Gasteiger partial charge in [-0.05, 0) is 12.8 Å². The van der Waals surface area contributed by atoms with Gasteiger partial charge in [-0.25, -0.2) is 0 Å². The van der Waals surface area contributed by atoms with Gasteiger partial charge in [0.05, 0.1) is 0 Å². The molecule has 0 rings (SSSR count). The number of carbonyl (C=O) groups is 2. The Morgan fingerprint density at radius 2 is 0.594 bits per heavy atom. The maximum Gasteiger partial charge on any atom is 1.00 e. The minimum absolute atomic E-state index is 0. The Balaban J connectivity index is -0.000000701. The average Bonchev–Trinajstić information content (AvgIpc) is 2.65. The first-order valence-electron chi connectivity index (χ1n) is 11.2. The third kappa shape index (κ3) is 24.8. The van der Waals surface area contributed by atoms with Crippen LogP contribution in [0, 0.1) is 0 Å². The van der Waals surface area contributed by atoms with E-state index in [9.17, 15) is 18.7 Å². The molecule has 0 heterocycles. The largest absolute Gasteiger partial charge is 1.00 e. The molecule has 0 spiro atoms. The van der Waals surface area contributed by atoms with Crippen LogP contribution >= 0.6 is 15.2 Å². The monoisotopic (exact) mass is 518 g/mol. The van der Waals surface area contributed by atoms with Crippen molar-refractivity contribution in [3.63, 3.8) is 0 Å². The predicted octanol–water partition coefficient (Wildman–Crippen LogP) is -0.350. The fourth-order valence-corrected chi connectivity index (χ4v) is 4.22. The summed E-state index contributed by atoms with van der Waals surface area (Å²) in [5.74, 6) is 0. The first kappa shape index (κ1) is 38.2. The van der Waals surface area contributed by atoms with Crippen LogP contribution in [0.3, 0.4) is 0 Å². The Hall–Kier alpha value is 1.64. The summed E-state index contributed by atoms with van der Waals surface area (Å²) in [5.41, 5.74) is -1.89. The third-order valence-electron chi connectivity index (χ3n) is 5.18. The van der Waals surface area contributed by atoms with E-state index in [1.807, 2.05) is 0 Å². The van der Waals surface area contributed by atoms with Gasteiger partial charge in [-0.2, -0.15) is 0 Å². The zero-order valence-corrected chi connectivity index (χ0v) is 25.8. The van der Waals surface area contributed by atoms with Crippen LogP contribution in [-0.2, 0) is 18.7 Å². The standard InChI is InChI=1S/C20H40O8P2.2Na.2H/c21-19(29(23,24)25)17-15-13-11-9-7-5-3-1-2-4-6-8-10-12-14-16-18-20(22)30(26,27)28;;;;/h1-18H2,(H2,23,24,25)(H2,26,27,28);;;;/q;2*+1;2*-1. The number of hydrogen-bond acceptors (Lipinski definition) is 4. The van der Waals surface area contributed by atoms with Gasteiger partial charge in [-0.3, -0.25) is 18.7 Å². The van der Waals surface area contributed by atoms with Gasteiger partial charge in [0.15, 0.2) is 0 Å². The predicted molar refractivity (Wildman–Crippen MR) is 119 cm³/mol. The second-order valence-electron chi connectivity index (χ2n) is 8.03. The van der Waals surface area contributed by atoms with Crippen molar-refractivity contribution in [2.75, 3.05) is 0 Å². The van der Waals surface area contributed by atoms with Crippen molar-refractivity contribution in [2.24, 2.45) is 0 Å². The van der Waals surface area contributed by atoms with E-state index in [0.717, 1.165) is 51.4 Å². The summed E-state index contributed by atoms with van der Waals surface area (Å²) in [6.07, 6.45) is 16.6. The van der Waals surface area contributed by atoms with Gasteiger partial charge in [-0.15, -0.1) is 0 Å². The van der Waals surface area contributed by atoms with E-state index >= 15 is 0 Å². The van der Waals surface area contributed by atoms with E-state index in [1.54, 1.807) is 0 Å². The molecule has 0 bridgehead atoms. The fourth-order valence-electron chi connectivity index (χ4n) is 3.32. The maximum atomic E-state index is 11.1. The molecular weight excluding hydrogens is 476 g/mol. The van der Waals surface area contributed by atoms with Crippen molar-refractivity contribution >= 4 is 26.2 Å². The van der Waals surface area contributed by atoms with Gasteiger partial charge in [0.1, 0.15) is 0 Å². The van der Waals surface area contributed by atoms with Gasteiger partial charge in [0.25, 0.3) is 0 Å². The molecule has 0 saturated heterocycles. The van der Waals surface area contributed by atoms with Crippen molar-refractivity contribution in [1.82, 2.24) is 0 Å². The smallest absolute Gasteiger partial charge is 1.00 e. The Labute approximate surface area is 240 Å². The number of unbranched alkanes of at least 4 members (excludes halogenated alkanes) is 15. The molecule has 0 aliphatic rings. The minimum atomic E-state index is -4.53. The molecule has 8 nitrogen and oxygen atoms in total. The van der Waals surface area contributed by atoms with Crippen LogP contribution in [0.2, 0.25) is 0 Å². The van der Waals surface area contributed by atoms with E-state index in [4.69, 9.17) is 19.6 Å². The third-order valence-corrected chi connectivity index (χ3v) is 6.93. The first-order valence-corrected chi connectivity index (χ1v) is 14.5. The van der Waals surface area contributed by atoms with E-state index in [2.05, 4.69) is 0 Å². The SMILES string of the molecule is O=C(CCCCCCCCCCCCCCCCCCC(=O)P(=O)(O)O)P(=O)(O)O.[H-].[H-].[Na+].[Na+]. The van der Waals surface area contributed by atoms with Gasteiger partial charge in [0.2, 0.25) is 11.0 Å². The molecule has 0 saturated carbocycles. The van der Waals surface area contributed by atoms with Gasteiger partial charge in [0, 0.05) is 12.8 Å². The zero-order chi connectivity index (χ0) is 22.9. The van der Waals surface area contributed by atoms with Crippen LogP contribution in [-0.4, -0.2) is 30.6 Å². The maximum absolute atomic E-state index is 11.1. The van der Waals surface area contributed by atoms with E-state index in [-0.39, 0.29) is 74.8 Å². The molecule has 0 amide bonds. The summed E-state index contributed by atoms with van der Waals surface area (Å²) in [7, 11) is -9.06. The number of rotatable bonds is 21. The normalized spacial score (nSPS) is 11.5. The molecule has 0 aromatic carbocycles. The average molecular weight is 518 g/mol. The molecule has 0 aliphatic carbocycles. The van der Waals surface area contributed by atoms with Crippen molar-refractivity contribution in [1.29, 1.82) is 0 Å². The molecule has 0 radical (unpaired) electrons. The Bertz CT molecular complexity index is 539. The molecule has 0 fully saturated rings. The number of hydrogen-bond donors (Lipinski definition) is 4. The van der Waals surface area contributed by atoms with Crippen molar-refractivity contribution < 1.29 is 100 Å². The van der Waals surface area contributed by atoms with Crippen LogP contribution in [0.4, 0.5) is 0 Å². The molecule has 32 heavy (non-hydrogen) atoms. The van der Waals surface area contributed by atoms with Gasteiger partial charge < -0.3 is 22.4 Å². The second kappa shape index (κ2) is 23.1. The molecule has 0 aliphatic heterocycles. The Kier molecular flexibility index (Phi) is 27.5. The van der Waals surface area contributed by atoms with Crippen LogP contribution in [0.1, 0.15) is 118 Å². The van der Waals surface area contributed by atoms with Crippen molar-refractivity contribution in [3.05, 3.63) is 0 Å². The summed E-state index contributed by atoms with van der Waals surface area (Å²) in [6, 6.07) is 0. The molecule has 4 N–H and O–H groups in total. The molecule has 0 atom stereocenters. The number of carbonyl (C=O) groups excluding carboxylic acids is 2. The van der Waals surface area contributed by atoms with E-state index in [1.165, 1.54) is 38.5 Å². The van der Waals surface area contributed by atoms with E-state index in [0.29, 0.717) is 12.8 Å². The molecule has 182 valence electrons. The van der Waals surface area contributed by atoms with Crippen molar-refractivity contribution in [3.8, 4) is 0 Å². The van der Waals surface area contributed by atoms with Gasteiger partial charge >= 0.3 is 74.3 Å². The topological polar surface area (TPSA) is 149 Å². The van der Waals surface area contributed by atoms with Crippen LogP contribution < -0.4 is 59.1 Å². The van der Waals surface area contributed by atoms with Crippen LogP contribution in [0.15, 0.2) is 0 Å². The van der Waals surface area contributed by atoms with Crippen LogP contribution in [0.25, 0.3) is 0 Å². The van der Waals surface area contributed by atoms with E-state index < -0.39 is 26.2 Å². The molecule has 0 unspecified atom stereocenters. The summed E-state index contributed by atoms with van der Waals surface area (Å²) in [4.78, 5) is 56.9. The molecule has 0 aromatic rings. The first-order chi connectivity index (χ1) is 14.0. The fraction of sp³-hybridized carbons (Fsp3) is 0.900. The molecule has 0 aromatic heterocycles. The molecule has 12 heteroatoms. The zero-order valence-electron chi connectivity index (χ0n) is 22.0.